The lowest BCUT2D eigenvalue weighted by Crippen LogP contribution is -1.81. The molecule has 1 nitrogen and oxygen atoms in total. The van der Waals surface area contributed by atoms with Crippen molar-refractivity contribution >= 4 is 12.2 Å². The van der Waals surface area contributed by atoms with Gasteiger partial charge in [0.1, 0.15) is 0 Å². The van der Waals surface area contributed by atoms with Crippen LogP contribution in [0.4, 0.5) is 0 Å². The van der Waals surface area contributed by atoms with Crippen molar-refractivity contribution in [2.24, 2.45) is 0 Å². The number of aliphatic hydroxyl groups is 1. The van der Waals surface area contributed by atoms with Crippen LogP contribution in [0.5, 0.6) is 0 Å². The Bertz CT molecular complexity index is 509. The average molecular weight is 224 g/mol. The third kappa shape index (κ3) is 3.30. The summed E-state index contributed by atoms with van der Waals surface area (Å²) in [5, 5.41) is 8.95. The number of aliphatic hydroxyl groups excluding tert-OH is 1. The molecule has 2 rings (SSSR count). The summed E-state index contributed by atoms with van der Waals surface area (Å²) in [5.41, 5.74) is 4.56. The normalized spacial score (nSPS) is 10.9. The summed E-state index contributed by atoms with van der Waals surface area (Å²) in [6, 6.07) is 16.3. The van der Waals surface area contributed by atoms with E-state index in [9.17, 15) is 0 Å². The summed E-state index contributed by atoms with van der Waals surface area (Å²) in [6.45, 7) is 2.19. The van der Waals surface area contributed by atoms with Crippen LogP contribution in [0.25, 0.3) is 12.2 Å². The molecule has 86 valence electrons. The molecule has 0 spiro atoms. The number of hydrogen-bond acceptors (Lipinski definition) is 1. The first-order chi connectivity index (χ1) is 8.28. The Kier molecular flexibility index (Phi) is 3.73. The fourth-order valence-electron chi connectivity index (χ4n) is 1.70. The zero-order valence-corrected chi connectivity index (χ0v) is 9.93. The molecule has 1 heteroatoms. The van der Waals surface area contributed by atoms with Crippen LogP contribution in [0.1, 0.15) is 22.3 Å². The second-order valence-electron chi connectivity index (χ2n) is 4.15. The highest BCUT2D eigenvalue weighted by molar-refractivity contribution is 5.69. The second kappa shape index (κ2) is 5.46. The highest BCUT2D eigenvalue weighted by Gasteiger charge is 1.91. The zero-order chi connectivity index (χ0) is 12.1. The van der Waals surface area contributed by atoms with Crippen molar-refractivity contribution in [1.82, 2.24) is 0 Å². The molecule has 0 aliphatic rings. The molecule has 0 saturated carbocycles. The molecule has 0 aliphatic heterocycles. The van der Waals surface area contributed by atoms with E-state index in [4.69, 9.17) is 5.11 Å². The largest absolute Gasteiger partial charge is 0.392 e. The first-order valence-electron chi connectivity index (χ1n) is 5.72. The number of hydrogen-bond donors (Lipinski definition) is 1. The molecule has 17 heavy (non-hydrogen) atoms. The van der Waals surface area contributed by atoms with Crippen LogP contribution in [0.2, 0.25) is 0 Å². The summed E-state index contributed by atoms with van der Waals surface area (Å²) in [6.07, 6.45) is 4.18. The van der Waals surface area contributed by atoms with Gasteiger partial charge in [-0.05, 0) is 23.6 Å². The smallest absolute Gasteiger partial charge is 0.0681 e. The van der Waals surface area contributed by atoms with Gasteiger partial charge in [0.2, 0.25) is 0 Å². The topological polar surface area (TPSA) is 20.2 Å². The minimum absolute atomic E-state index is 0.0991. The molecule has 0 aromatic heterocycles. The Morgan fingerprint density at radius 3 is 2.29 bits per heavy atom. The minimum Gasteiger partial charge on any atom is -0.392 e. The lowest BCUT2D eigenvalue weighted by molar-refractivity contribution is 0.282. The third-order valence-electron chi connectivity index (χ3n) is 2.67. The van der Waals surface area contributed by atoms with Gasteiger partial charge in [-0.15, -0.1) is 0 Å². The highest BCUT2D eigenvalue weighted by atomic mass is 16.3. The maximum absolute atomic E-state index is 8.95. The molecule has 0 amide bonds. The van der Waals surface area contributed by atoms with E-state index in [0.29, 0.717) is 0 Å². The molecule has 2 aromatic rings. The van der Waals surface area contributed by atoms with Gasteiger partial charge >= 0.3 is 0 Å². The summed E-state index contributed by atoms with van der Waals surface area (Å²) in [4.78, 5) is 0. The fraction of sp³-hybridized carbons (Fsp3) is 0.125. The zero-order valence-electron chi connectivity index (χ0n) is 9.93. The molecule has 1 N–H and O–H groups in total. The lowest BCUT2D eigenvalue weighted by atomic mass is 10.1. The Hall–Kier alpha value is -1.86. The van der Waals surface area contributed by atoms with E-state index in [2.05, 4.69) is 43.3 Å². The van der Waals surface area contributed by atoms with Crippen molar-refractivity contribution in [3.63, 3.8) is 0 Å². The first kappa shape index (κ1) is 11.6. The van der Waals surface area contributed by atoms with Crippen LogP contribution >= 0.6 is 0 Å². The van der Waals surface area contributed by atoms with E-state index in [1.807, 2.05) is 24.3 Å². The fourth-order valence-corrected chi connectivity index (χ4v) is 1.70. The van der Waals surface area contributed by atoms with E-state index in [1.165, 1.54) is 11.1 Å². The van der Waals surface area contributed by atoms with Gasteiger partial charge in [-0.2, -0.15) is 0 Å². The molecule has 0 fully saturated rings. The van der Waals surface area contributed by atoms with Crippen LogP contribution in [0, 0.1) is 6.92 Å². The Morgan fingerprint density at radius 2 is 1.65 bits per heavy atom. The van der Waals surface area contributed by atoms with E-state index in [1.54, 1.807) is 0 Å². The predicted octanol–water partition coefficient (Wildman–Crippen LogP) is 3.66. The predicted molar refractivity (Wildman–Crippen MR) is 72.5 cm³/mol. The van der Waals surface area contributed by atoms with Crippen molar-refractivity contribution in [2.75, 3.05) is 0 Å². The van der Waals surface area contributed by atoms with E-state index < -0.39 is 0 Å². The Balaban J connectivity index is 2.14. The molecule has 0 aliphatic carbocycles. The van der Waals surface area contributed by atoms with Gasteiger partial charge in [0, 0.05) is 0 Å². The average Bonchev–Trinajstić information content (AvgIpc) is 2.37. The molecule has 0 unspecified atom stereocenters. The van der Waals surface area contributed by atoms with Gasteiger partial charge in [0.25, 0.3) is 0 Å². The highest BCUT2D eigenvalue weighted by Crippen LogP contribution is 2.11. The van der Waals surface area contributed by atoms with E-state index >= 15 is 0 Å². The van der Waals surface area contributed by atoms with Crippen LogP contribution in [0.3, 0.4) is 0 Å². The molecule has 0 atom stereocenters. The van der Waals surface area contributed by atoms with Crippen molar-refractivity contribution in [3.8, 4) is 0 Å². The van der Waals surface area contributed by atoms with Crippen LogP contribution in [0.15, 0.2) is 48.5 Å². The van der Waals surface area contributed by atoms with Crippen LogP contribution < -0.4 is 0 Å². The monoisotopic (exact) mass is 224 g/mol. The summed E-state index contributed by atoms with van der Waals surface area (Å²) in [5.74, 6) is 0. The van der Waals surface area contributed by atoms with Gasteiger partial charge in [-0.25, -0.2) is 0 Å². The Morgan fingerprint density at radius 1 is 0.941 bits per heavy atom. The SMILES string of the molecule is Cc1cccc(/C=C/c2ccc(CO)cc2)c1. The number of rotatable bonds is 3. The van der Waals surface area contributed by atoms with E-state index in [0.717, 1.165) is 11.1 Å². The molecule has 0 saturated heterocycles. The van der Waals surface area contributed by atoms with Crippen LogP contribution in [-0.2, 0) is 6.61 Å². The molecular formula is C16H16O. The van der Waals surface area contributed by atoms with Gasteiger partial charge in [0.05, 0.1) is 6.61 Å². The van der Waals surface area contributed by atoms with Gasteiger partial charge in [0.15, 0.2) is 0 Å². The maximum atomic E-state index is 8.95. The van der Waals surface area contributed by atoms with Gasteiger partial charge in [-0.3, -0.25) is 0 Å². The Labute approximate surface area is 102 Å². The van der Waals surface area contributed by atoms with Crippen molar-refractivity contribution in [2.45, 2.75) is 13.5 Å². The molecule has 0 radical (unpaired) electrons. The summed E-state index contributed by atoms with van der Waals surface area (Å²) < 4.78 is 0. The second-order valence-corrected chi connectivity index (χ2v) is 4.15. The summed E-state index contributed by atoms with van der Waals surface area (Å²) in [7, 11) is 0. The van der Waals surface area contributed by atoms with Crippen molar-refractivity contribution in [3.05, 3.63) is 70.8 Å². The number of benzene rings is 2. The lowest BCUT2D eigenvalue weighted by Gasteiger charge is -1.98. The van der Waals surface area contributed by atoms with Crippen molar-refractivity contribution in [1.29, 1.82) is 0 Å². The minimum atomic E-state index is 0.0991. The maximum Gasteiger partial charge on any atom is 0.0681 e. The molecule has 0 bridgehead atoms. The van der Waals surface area contributed by atoms with Crippen LogP contribution in [-0.4, -0.2) is 5.11 Å². The molecule has 0 heterocycles. The molecular weight excluding hydrogens is 208 g/mol. The van der Waals surface area contributed by atoms with Crippen molar-refractivity contribution < 1.29 is 5.11 Å². The first-order valence-corrected chi connectivity index (χ1v) is 5.72. The van der Waals surface area contributed by atoms with Gasteiger partial charge < -0.3 is 5.11 Å². The summed E-state index contributed by atoms with van der Waals surface area (Å²) >= 11 is 0. The molecule has 2 aromatic carbocycles. The standard InChI is InChI=1S/C16H16O/c1-13-3-2-4-15(11-13)8-5-14-6-9-16(12-17)10-7-14/h2-11,17H,12H2,1H3/b8-5+. The number of aryl methyl sites for hydroxylation is 1. The van der Waals surface area contributed by atoms with Gasteiger partial charge in [-0.1, -0.05) is 66.2 Å². The third-order valence-corrected chi connectivity index (χ3v) is 2.67. The van der Waals surface area contributed by atoms with E-state index in [-0.39, 0.29) is 6.61 Å². The quantitative estimate of drug-likeness (QED) is 0.789.